The molecular formula is C18H27NO2. The molecule has 2 N–H and O–H groups in total. The molecule has 2 rings (SSSR count). The highest BCUT2D eigenvalue weighted by Crippen LogP contribution is 2.30. The van der Waals surface area contributed by atoms with E-state index in [0.29, 0.717) is 0 Å². The van der Waals surface area contributed by atoms with E-state index in [9.17, 15) is 9.90 Å². The van der Waals surface area contributed by atoms with Gasteiger partial charge in [0.2, 0.25) is 0 Å². The van der Waals surface area contributed by atoms with Crippen LogP contribution in [-0.4, -0.2) is 23.2 Å². The van der Waals surface area contributed by atoms with Gasteiger partial charge >= 0.3 is 5.97 Å². The van der Waals surface area contributed by atoms with Crippen molar-refractivity contribution in [1.82, 2.24) is 5.32 Å². The molecule has 3 nitrogen and oxygen atoms in total. The van der Waals surface area contributed by atoms with Gasteiger partial charge < -0.3 is 10.4 Å². The predicted octanol–water partition coefficient (Wildman–Crippen LogP) is 3.49. The molecular weight excluding hydrogens is 262 g/mol. The normalized spacial score (nSPS) is 23.0. The maximum atomic E-state index is 11.4. The summed E-state index contributed by atoms with van der Waals surface area (Å²) < 4.78 is 0. The van der Waals surface area contributed by atoms with Crippen molar-refractivity contribution in [3.63, 3.8) is 0 Å². The number of aliphatic carboxylic acids is 1. The summed E-state index contributed by atoms with van der Waals surface area (Å²) in [5, 5.41) is 12.9. The van der Waals surface area contributed by atoms with Crippen LogP contribution in [0.2, 0.25) is 0 Å². The molecule has 1 aromatic rings. The van der Waals surface area contributed by atoms with Gasteiger partial charge in [-0.15, -0.1) is 0 Å². The molecule has 0 radical (unpaired) electrons. The molecule has 1 aromatic carbocycles. The quantitative estimate of drug-likeness (QED) is 0.843. The smallest absolute Gasteiger partial charge is 0.306 e. The van der Waals surface area contributed by atoms with Crippen LogP contribution in [0.5, 0.6) is 0 Å². The van der Waals surface area contributed by atoms with Crippen molar-refractivity contribution in [2.45, 2.75) is 51.5 Å². The van der Waals surface area contributed by atoms with Gasteiger partial charge in [0.15, 0.2) is 0 Å². The topological polar surface area (TPSA) is 49.3 Å². The van der Waals surface area contributed by atoms with E-state index in [0.717, 1.165) is 38.6 Å². The molecule has 1 aliphatic rings. The SMILES string of the molecule is CC(C)(Cc1ccccc1)NC[C@H]1CCCC[C@@H]1C(=O)O. The zero-order valence-electron chi connectivity index (χ0n) is 13.1. The number of nitrogens with one attached hydrogen (secondary N) is 1. The molecule has 116 valence electrons. The van der Waals surface area contributed by atoms with Crippen LogP contribution in [0.25, 0.3) is 0 Å². The second-order valence-corrected chi connectivity index (χ2v) is 6.92. The van der Waals surface area contributed by atoms with Gasteiger partial charge in [0.25, 0.3) is 0 Å². The van der Waals surface area contributed by atoms with Crippen molar-refractivity contribution >= 4 is 5.97 Å². The monoisotopic (exact) mass is 289 g/mol. The number of carboxylic acid groups (broad SMARTS) is 1. The molecule has 1 saturated carbocycles. The lowest BCUT2D eigenvalue weighted by Crippen LogP contribution is -2.46. The number of carbonyl (C=O) groups is 1. The summed E-state index contributed by atoms with van der Waals surface area (Å²) in [4.78, 5) is 11.4. The Balaban J connectivity index is 1.89. The zero-order valence-corrected chi connectivity index (χ0v) is 13.1. The Morgan fingerprint density at radius 2 is 1.90 bits per heavy atom. The molecule has 0 heterocycles. The second kappa shape index (κ2) is 7.08. The van der Waals surface area contributed by atoms with Crippen LogP contribution in [0.15, 0.2) is 30.3 Å². The van der Waals surface area contributed by atoms with Gasteiger partial charge in [-0.05, 0) is 51.1 Å². The fraction of sp³-hybridized carbons (Fsp3) is 0.611. The van der Waals surface area contributed by atoms with Crippen molar-refractivity contribution in [2.75, 3.05) is 6.54 Å². The first kappa shape index (κ1) is 16.0. The highest BCUT2D eigenvalue weighted by atomic mass is 16.4. The summed E-state index contributed by atoms with van der Waals surface area (Å²) in [6.45, 7) is 5.19. The fourth-order valence-corrected chi connectivity index (χ4v) is 3.35. The lowest BCUT2D eigenvalue weighted by molar-refractivity contribution is -0.144. The molecule has 3 heteroatoms. The van der Waals surface area contributed by atoms with Gasteiger partial charge in [-0.1, -0.05) is 43.2 Å². The number of benzene rings is 1. The lowest BCUT2D eigenvalue weighted by atomic mass is 9.78. The lowest BCUT2D eigenvalue weighted by Gasteiger charge is -2.33. The Labute approximate surface area is 127 Å². The third-order valence-electron chi connectivity index (χ3n) is 4.56. The Morgan fingerprint density at radius 3 is 2.57 bits per heavy atom. The van der Waals surface area contributed by atoms with Crippen molar-refractivity contribution in [3.05, 3.63) is 35.9 Å². The molecule has 0 amide bonds. The van der Waals surface area contributed by atoms with E-state index in [-0.39, 0.29) is 17.4 Å². The third kappa shape index (κ3) is 4.85. The first-order valence-corrected chi connectivity index (χ1v) is 8.00. The second-order valence-electron chi connectivity index (χ2n) is 6.92. The maximum absolute atomic E-state index is 11.4. The average Bonchev–Trinajstić information content (AvgIpc) is 2.46. The van der Waals surface area contributed by atoms with Gasteiger partial charge in [-0.25, -0.2) is 0 Å². The van der Waals surface area contributed by atoms with E-state index in [2.05, 4.69) is 43.4 Å². The summed E-state index contributed by atoms with van der Waals surface area (Å²) in [6, 6.07) is 10.4. The zero-order chi connectivity index (χ0) is 15.3. The van der Waals surface area contributed by atoms with Gasteiger partial charge in [0.1, 0.15) is 0 Å². The summed E-state index contributed by atoms with van der Waals surface area (Å²) in [5.41, 5.74) is 1.30. The summed E-state index contributed by atoms with van der Waals surface area (Å²) >= 11 is 0. The number of hydrogen-bond donors (Lipinski definition) is 2. The molecule has 0 bridgehead atoms. The molecule has 0 saturated heterocycles. The predicted molar refractivity (Wildman–Crippen MR) is 85.3 cm³/mol. The van der Waals surface area contributed by atoms with E-state index < -0.39 is 5.97 Å². The molecule has 2 atom stereocenters. The fourth-order valence-electron chi connectivity index (χ4n) is 3.35. The first-order valence-electron chi connectivity index (χ1n) is 8.00. The molecule has 1 aliphatic carbocycles. The van der Waals surface area contributed by atoms with Gasteiger partial charge in [0.05, 0.1) is 5.92 Å². The summed E-state index contributed by atoms with van der Waals surface area (Å²) in [6.07, 6.45) is 5.04. The third-order valence-corrected chi connectivity index (χ3v) is 4.56. The molecule has 21 heavy (non-hydrogen) atoms. The Kier molecular flexibility index (Phi) is 5.40. The number of carboxylic acids is 1. The maximum Gasteiger partial charge on any atom is 0.306 e. The minimum atomic E-state index is -0.623. The van der Waals surface area contributed by atoms with Crippen LogP contribution in [0.3, 0.4) is 0 Å². The van der Waals surface area contributed by atoms with E-state index in [1.807, 2.05) is 6.07 Å². The van der Waals surface area contributed by atoms with E-state index >= 15 is 0 Å². The Morgan fingerprint density at radius 1 is 1.24 bits per heavy atom. The van der Waals surface area contributed by atoms with Gasteiger partial charge in [-0.2, -0.15) is 0 Å². The molecule has 0 aliphatic heterocycles. The number of rotatable bonds is 6. The summed E-state index contributed by atoms with van der Waals surface area (Å²) in [5.74, 6) is -0.521. The summed E-state index contributed by atoms with van der Waals surface area (Å²) in [7, 11) is 0. The van der Waals surface area contributed by atoms with Crippen LogP contribution >= 0.6 is 0 Å². The van der Waals surface area contributed by atoms with Crippen molar-refractivity contribution in [2.24, 2.45) is 11.8 Å². The highest BCUT2D eigenvalue weighted by Gasteiger charge is 2.31. The largest absolute Gasteiger partial charge is 0.481 e. The van der Waals surface area contributed by atoms with Crippen LogP contribution in [0, 0.1) is 11.8 Å². The van der Waals surface area contributed by atoms with Crippen molar-refractivity contribution in [1.29, 1.82) is 0 Å². The van der Waals surface area contributed by atoms with E-state index in [1.54, 1.807) is 0 Å². The van der Waals surface area contributed by atoms with Gasteiger partial charge in [-0.3, -0.25) is 4.79 Å². The number of hydrogen-bond acceptors (Lipinski definition) is 2. The van der Waals surface area contributed by atoms with Crippen LogP contribution < -0.4 is 5.32 Å². The minimum absolute atomic E-state index is 0.0120. The molecule has 0 spiro atoms. The van der Waals surface area contributed by atoms with Crippen molar-refractivity contribution < 1.29 is 9.90 Å². The van der Waals surface area contributed by atoms with Crippen LogP contribution in [0.4, 0.5) is 0 Å². The Bertz CT molecular complexity index is 456. The van der Waals surface area contributed by atoms with Crippen LogP contribution in [0.1, 0.15) is 45.1 Å². The minimum Gasteiger partial charge on any atom is -0.481 e. The van der Waals surface area contributed by atoms with Gasteiger partial charge in [0, 0.05) is 5.54 Å². The van der Waals surface area contributed by atoms with E-state index in [1.165, 1.54) is 5.56 Å². The van der Waals surface area contributed by atoms with Crippen molar-refractivity contribution in [3.8, 4) is 0 Å². The van der Waals surface area contributed by atoms with E-state index in [4.69, 9.17) is 0 Å². The molecule has 0 unspecified atom stereocenters. The standard InChI is InChI=1S/C18H27NO2/c1-18(2,12-14-8-4-3-5-9-14)19-13-15-10-6-7-11-16(15)17(20)21/h3-5,8-9,15-16,19H,6-7,10-13H2,1-2H3,(H,20,21)/t15-,16+/m1/s1. The Hall–Kier alpha value is -1.35. The first-order chi connectivity index (χ1) is 9.98. The highest BCUT2D eigenvalue weighted by molar-refractivity contribution is 5.70. The average molecular weight is 289 g/mol. The molecule has 0 aromatic heterocycles. The van der Waals surface area contributed by atoms with Crippen LogP contribution in [-0.2, 0) is 11.2 Å². The molecule has 1 fully saturated rings.